The summed E-state index contributed by atoms with van der Waals surface area (Å²) in [6, 6.07) is 2.19. The molecule has 0 saturated heterocycles. The van der Waals surface area contributed by atoms with Gasteiger partial charge in [0.2, 0.25) is 11.8 Å². The highest BCUT2D eigenvalue weighted by Crippen LogP contribution is 2.54. The highest BCUT2D eigenvalue weighted by molar-refractivity contribution is 5.32. The summed E-state index contributed by atoms with van der Waals surface area (Å²) in [6.07, 6.45) is 9.64. The number of nitrogens with one attached hydrogen (secondary N) is 1. The maximum atomic E-state index is 5.98. The average Bonchev–Trinajstić information content (AvgIpc) is 2.55. The molecular formula is C16H25N3O2. The molecule has 1 heterocycles. The van der Waals surface area contributed by atoms with Gasteiger partial charge in [0.1, 0.15) is 0 Å². The van der Waals surface area contributed by atoms with Crippen molar-refractivity contribution in [2.24, 2.45) is 5.41 Å². The number of anilines is 1. The minimum Gasteiger partial charge on any atom is -0.481 e. The topological polar surface area (TPSA) is 56.3 Å². The molecule has 3 rings (SSSR count). The van der Waals surface area contributed by atoms with E-state index in [1.54, 1.807) is 19.4 Å². The van der Waals surface area contributed by atoms with Crippen molar-refractivity contribution < 1.29 is 9.47 Å². The molecule has 116 valence electrons. The number of nitrogens with zero attached hydrogens (tertiary/aromatic N) is 2. The molecule has 2 fully saturated rings. The van der Waals surface area contributed by atoms with Crippen LogP contribution in [0.25, 0.3) is 0 Å². The molecule has 0 unspecified atom stereocenters. The summed E-state index contributed by atoms with van der Waals surface area (Å²) in [6.45, 7) is 2.89. The molecule has 2 saturated carbocycles. The molecule has 0 bridgehead atoms. The van der Waals surface area contributed by atoms with Gasteiger partial charge in [-0.15, -0.1) is 0 Å². The van der Waals surface area contributed by atoms with Crippen LogP contribution >= 0.6 is 0 Å². The first-order valence-electron chi connectivity index (χ1n) is 8.03. The number of aromatic nitrogens is 2. The van der Waals surface area contributed by atoms with Crippen molar-refractivity contribution in [3.05, 3.63) is 12.3 Å². The minimum atomic E-state index is 0.278. The van der Waals surface area contributed by atoms with Gasteiger partial charge in [0, 0.05) is 30.3 Å². The van der Waals surface area contributed by atoms with Gasteiger partial charge < -0.3 is 14.8 Å². The quantitative estimate of drug-likeness (QED) is 0.903. The Labute approximate surface area is 126 Å². The second kappa shape index (κ2) is 6.18. The van der Waals surface area contributed by atoms with Gasteiger partial charge in [-0.3, -0.25) is 0 Å². The van der Waals surface area contributed by atoms with Crippen LogP contribution in [0.1, 0.15) is 45.4 Å². The van der Waals surface area contributed by atoms with E-state index in [-0.39, 0.29) is 5.41 Å². The van der Waals surface area contributed by atoms with Crippen LogP contribution in [0, 0.1) is 5.41 Å². The Morgan fingerprint density at radius 3 is 2.86 bits per heavy atom. The van der Waals surface area contributed by atoms with E-state index in [4.69, 9.17) is 9.47 Å². The Hall–Kier alpha value is -1.36. The summed E-state index contributed by atoms with van der Waals surface area (Å²) in [5, 5.41) is 3.52. The van der Waals surface area contributed by atoms with E-state index in [1.807, 2.05) is 0 Å². The predicted octanol–water partition coefficient (Wildman–Crippen LogP) is 3.03. The van der Waals surface area contributed by atoms with Gasteiger partial charge in [-0.05, 0) is 26.2 Å². The van der Waals surface area contributed by atoms with Crippen LogP contribution in [0.5, 0.6) is 5.88 Å². The SMILES string of the molecule is CCO[C@@H]1C[C@@H](Nc2nccc(OC)n2)C12CCCCC2. The molecule has 0 amide bonds. The van der Waals surface area contributed by atoms with Gasteiger partial charge in [0.15, 0.2) is 0 Å². The average molecular weight is 291 g/mol. The molecule has 21 heavy (non-hydrogen) atoms. The summed E-state index contributed by atoms with van der Waals surface area (Å²) < 4.78 is 11.1. The second-order valence-corrected chi connectivity index (χ2v) is 6.09. The highest BCUT2D eigenvalue weighted by Gasteiger charge is 2.55. The molecule has 1 aromatic heterocycles. The summed E-state index contributed by atoms with van der Waals surface area (Å²) in [4.78, 5) is 8.69. The molecule has 1 N–H and O–H groups in total. The van der Waals surface area contributed by atoms with Gasteiger partial charge in [-0.1, -0.05) is 19.3 Å². The lowest BCUT2D eigenvalue weighted by Crippen LogP contribution is -2.62. The van der Waals surface area contributed by atoms with Gasteiger partial charge in [-0.25, -0.2) is 4.98 Å². The predicted molar refractivity (Wildman–Crippen MR) is 81.5 cm³/mol. The van der Waals surface area contributed by atoms with Crippen LogP contribution in [-0.4, -0.2) is 35.8 Å². The Morgan fingerprint density at radius 2 is 2.14 bits per heavy atom. The molecule has 0 aliphatic heterocycles. The number of hydrogen-bond donors (Lipinski definition) is 1. The number of ether oxygens (including phenoxy) is 2. The third-order valence-electron chi connectivity index (χ3n) is 5.08. The monoisotopic (exact) mass is 291 g/mol. The molecule has 1 aromatic rings. The lowest BCUT2D eigenvalue weighted by molar-refractivity contribution is -0.134. The Balaban J connectivity index is 1.72. The van der Waals surface area contributed by atoms with Crippen molar-refractivity contribution in [3.63, 3.8) is 0 Å². The molecule has 0 aromatic carbocycles. The normalized spacial score (nSPS) is 27.1. The number of methoxy groups -OCH3 is 1. The molecule has 5 nitrogen and oxygen atoms in total. The van der Waals surface area contributed by atoms with Crippen LogP contribution in [-0.2, 0) is 4.74 Å². The first kappa shape index (κ1) is 14.6. The van der Waals surface area contributed by atoms with E-state index in [0.717, 1.165) is 13.0 Å². The summed E-state index contributed by atoms with van der Waals surface area (Å²) >= 11 is 0. The zero-order valence-electron chi connectivity index (χ0n) is 13.0. The molecule has 2 aliphatic carbocycles. The van der Waals surface area contributed by atoms with Crippen molar-refractivity contribution in [1.82, 2.24) is 9.97 Å². The molecule has 1 spiro atoms. The highest BCUT2D eigenvalue weighted by atomic mass is 16.5. The molecule has 2 aliphatic rings. The molecule has 0 radical (unpaired) electrons. The lowest BCUT2D eigenvalue weighted by atomic mass is 9.55. The second-order valence-electron chi connectivity index (χ2n) is 6.09. The van der Waals surface area contributed by atoms with E-state index in [0.29, 0.717) is 24.0 Å². The summed E-state index contributed by atoms with van der Waals surface area (Å²) in [5.74, 6) is 1.27. The zero-order valence-corrected chi connectivity index (χ0v) is 13.0. The van der Waals surface area contributed by atoms with Gasteiger partial charge >= 0.3 is 0 Å². The fraction of sp³-hybridized carbons (Fsp3) is 0.750. The van der Waals surface area contributed by atoms with Crippen LogP contribution < -0.4 is 10.1 Å². The maximum absolute atomic E-state index is 5.98. The number of rotatable bonds is 5. The van der Waals surface area contributed by atoms with Crippen molar-refractivity contribution in [2.45, 2.75) is 57.6 Å². The van der Waals surface area contributed by atoms with E-state index in [2.05, 4.69) is 22.2 Å². The Kier molecular flexibility index (Phi) is 4.29. The number of hydrogen-bond acceptors (Lipinski definition) is 5. The fourth-order valence-electron chi connectivity index (χ4n) is 3.95. The summed E-state index contributed by atoms with van der Waals surface area (Å²) in [5.41, 5.74) is 0.278. The van der Waals surface area contributed by atoms with Crippen LogP contribution in [0.4, 0.5) is 5.95 Å². The molecule has 5 heteroatoms. The first-order chi connectivity index (χ1) is 10.3. The maximum Gasteiger partial charge on any atom is 0.226 e. The van der Waals surface area contributed by atoms with Crippen molar-refractivity contribution >= 4 is 5.95 Å². The van der Waals surface area contributed by atoms with Crippen molar-refractivity contribution in [2.75, 3.05) is 19.0 Å². The van der Waals surface area contributed by atoms with Gasteiger partial charge in [-0.2, -0.15) is 4.98 Å². The van der Waals surface area contributed by atoms with Gasteiger partial charge in [0.05, 0.1) is 13.2 Å². The summed E-state index contributed by atoms with van der Waals surface area (Å²) in [7, 11) is 1.63. The van der Waals surface area contributed by atoms with E-state index in [1.165, 1.54) is 32.1 Å². The Morgan fingerprint density at radius 1 is 1.33 bits per heavy atom. The van der Waals surface area contributed by atoms with Crippen molar-refractivity contribution in [3.8, 4) is 5.88 Å². The fourth-order valence-corrected chi connectivity index (χ4v) is 3.95. The minimum absolute atomic E-state index is 0.278. The van der Waals surface area contributed by atoms with Gasteiger partial charge in [0.25, 0.3) is 0 Å². The third kappa shape index (κ3) is 2.71. The van der Waals surface area contributed by atoms with E-state index in [9.17, 15) is 0 Å². The Bertz CT molecular complexity index is 474. The van der Waals surface area contributed by atoms with Crippen LogP contribution in [0.15, 0.2) is 12.3 Å². The standard InChI is InChI=1S/C16H25N3O2/c1-3-21-13-11-12(16(13)8-5-4-6-9-16)18-15-17-10-7-14(19-15)20-2/h7,10,12-13H,3-6,8-9,11H2,1-2H3,(H,17,18,19)/t12-,13-/m1/s1. The zero-order chi connectivity index (χ0) is 14.7. The van der Waals surface area contributed by atoms with Crippen LogP contribution in [0.2, 0.25) is 0 Å². The molecule has 2 atom stereocenters. The molecular weight excluding hydrogens is 266 g/mol. The van der Waals surface area contributed by atoms with Crippen molar-refractivity contribution in [1.29, 1.82) is 0 Å². The lowest BCUT2D eigenvalue weighted by Gasteiger charge is -2.57. The third-order valence-corrected chi connectivity index (χ3v) is 5.08. The first-order valence-corrected chi connectivity index (χ1v) is 8.03. The smallest absolute Gasteiger partial charge is 0.226 e. The largest absolute Gasteiger partial charge is 0.481 e. The van der Waals surface area contributed by atoms with Crippen LogP contribution in [0.3, 0.4) is 0 Å². The van der Waals surface area contributed by atoms with E-state index >= 15 is 0 Å². The van der Waals surface area contributed by atoms with E-state index < -0.39 is 0 Å².